The van der Waals surface area contributed by atoms with Gasteiger partial charge in [0, 0.05) is 17.7 Å². The van der Waals surface area contributed by atoms with Crippen LogP contribution in [0.25, 0.3) is 0 Å². The molecule has 1 unspecified atom stereocenters. The fourth-order valence-electron chi connectivity index (χ4n) is 2.56. The molecule has 0 aliphatic carbocycles. The van der Waals surface area contributed by atoms with Crippen LogP contribution in [0.2, 0.25) is 0 Å². The molecule has 1 saturated heterocycles. The van der Waals surface area contributed by atoms with E-state index in [1.165, 1.54) is 14.2 Å². The first-order valence-electron chi connectivity index (χ1n) is 6.49. The lowest BCUT2D eigenvalue weighted by molar-refractivity contribution is 0.325. The molecule has 1 aliphatic heterocycles. The second-order valence-electron chi connectivity index (χ2n) is 4.74. The standard InChI is InChI=1S/C14H19F2NO2/c1-18-13-10(7-9-5-3-4-6-17-9)11(15)8-12(16)14(13)19-2/h8-9,17H,3-7H2,1-2H3. The van der Waals surface area contributed by atoms with E-state index in [1.54, 1.807) is 0 Å². The molecule has 1 aliphatic rings. The molecule has 1 atom stereocenters. The van der Waals surface area contributed by atoms with E-state index in [-0.39, 0.29) is 17.5 Å². The van der Waals surface area contributed by atoms with Crippen molar-refractivity contribution in [2.45, 2.75) is 31.7 Å². The Balaban J connectivity index is 2.32. The van der Waals surface area contributed by atoms with Crippen LogP contribution in [0, 0.1) is 11.6 Å². The van der Waals surface area contributed by atoms with Crippen LogP contribution in [-0.2, 0) is 6.42 Å². The molecule has 3 nitrogen and oxygen atoms in total. The van der Waals surface area contributed by atoms with Crippen LogP contribution in [0.5, 0.6) is 11.5 Å². The number of benzene rings is 1. The molecular weight excluding hydrogens is 252 g/mol. The highest BCUT2D eigenvalue weighted by atomic mass is 19.1. The van der Waals surface area contributed by atoms with Gasteiger partial charge in [-0.15, -0.1) is 0 Å². The molecule has 1 N–H and O–H groups in total. The quantitative estimate of drug-likeness (QED) is 0.913. The van der Waals surface area contributed by atoms with Crippen LogP contribution in [0.3, 0.4) is 0 Å². The zero-order valence-corrected chi connectivity index (χ0v) is 11.3. The fourth-order valence-corrected chi connectivity index (χ4v) is 2.56. The third kappa shape index (κ3) is 2.97. The fraction of sp³-hybridized carbons (Fsp3) is 0.571. The van der Waals surface area contributed by atoms with Crippen molar-refractivity contribution >= 4 is 0 Å². The molecule has 1 aromatic carbocycles. The lowest BCUT2D eigenvalue weighted by Crippen LogP contribution is -2.35. The van der Waals surface area contributed by atoms with Gasteiger partial charge in [-0.05, 0) is 25.8 Å². The lowest BCUT2D eigenvalue weighted by Gasteiger charge is -2.25. The Hall–Kier alpha value is -1.36. The van der Waals surface area contributed by atoms with E-state index in [0.29, 0.717) is 12.0 Å². The van der Waals surface area contributed by atoms with Crippen molar-refractivity contribution in [3.63, 3.8) is 0 Å². The van der Waals surface area contributed by atoms with Crippen molar-refractivity contribution in [1.29, 1.82) is 0 Å². The van der Waals surface area contributed by atoms with Crippen molar-refractivity contribution in [2.75, 3.05) is 20.8 Å². The Morgan fingerprint density at radius 2 is 1.89 bits per heavy atom. The summed E-state index contributed by atoms with van der Waals surface area (Å²) in [4.78, 5) is 0. The molecule has 1 aromatic rings. The first-order valence-corrected chi connectivity index (χ1v) is 6.49. The maximum absolute atomic E-state index is 14.0. The van der Waals surface area contributed by atoms with Crippen LogP contribution >= 0.6 is 0 Å². The van der Waals surface area contributed by atoms with E-state index in [9.17, 15) is 8.78 Å². The van der Waals surface area contributed by atoms with Gasteiger partial charge < -0.3 is 14.8 Å². The minimum atomic E-state index is -0.739. The first-order chi connectivity index (χ1) is 9.17. The predicted octanol–water partition coefficient (Wildman–Crippen LogP) is 2.67. The predicted molar refractivity (Wildman–Crippen MR) is 68.8 cm³/mol. The van der Waals surface area contributed by atoms with Crippen LogP contribution < -0.4 is 14.8 Å². The van der Waals surface area contributed by atoms with Gasteiger partial charge in [0.15, 0.2) is 17.3 Å². The third-order valence-electron chi connectivity index (χ3n) is 3.51. The van der Waals surface area contributed by atoms with Gasteiger partial charge in [-0.25, -0.2) is 8.78 Å². The summed E-state index contributed by atoms with van der Waals surface area (Å²) >= 11 is 0. The number of rotatable bonds is 4. The van der Waals surface area contributed by atoms with Crippen LogP contribution in [0.15, 0.2) is 6.07 Å². The minimum absolute atomic E-state index is 0.0327. The minimum Gasteiger partial charge on any atom is -0.492 e. The Morgan fingerprint density at radius 3 is 2.47 bits per heavy atom. The van der Waals surface area contributed by atoms with Crippen LogP contribution in [0.4, 0.5) is 8.78 Å². The number of methoxy groups -OCH3 is 2. The Kier molecular flexibility index (Phi) is 4.58. The van der Waals surface area contributed by atoms with E-state index in [4.69, 9.17) is 9.47 Å². The highest BCUT2D eigenvalue weighted by Crippen LogP contribution is 2.36. The van der Waals surface area contributed by atoms with E-state index < -0.39 is 11.6 Å². The monoisotopic (exact) mass is 271 g/mol. The summed E-state index contributed by atoms with van der Waals surface area (Å²) in [6.07, 6.45) is 3.73. The topological polar surface area (TPSA) is 30.5 Å². The van der Waals surface area contributed by atoms with Gasteiger partial charge in [-0.3, -0.25) is 0 Å². The molecule has 0 saturated carbocycles. The van der Waals surface area contributed by atoms with Gasteiger partial charge in [0.25, 0.3) is 0 Å². The normalized spacial score (nSPS) is 19.3. The van der Waals surface area contributed by atoms with Gasteiger partial charge in [0.1, 0.15) is 5.82 Å². The van der Waals surface area contributed by atoms with Crippen molar-refractivity contribution in [1.82, 2.24) is 5.32 Å². The smallest absolute Gasteiger partial charge is 0.197 e. The molecule has 2 rings (SSSR count). The molecule has 19 heavy (non-hydrogen) atoms. The van der Waals surface area contributed by atoms with Crippen molar-refractivity contribution in [3.8, 4) is 11.5 Å². The summed E-state index contributed by atoms with van der Waals surface area (Å²) in [7, 11) is 2.75. The molecule has 106 valence electrons. The highest BCUT2D eigenvalue weighted by Gasteiger charge is 2.23. The molecular formula is C14H19F2NO2. The van der Waals surface area contributed by atoms with E-state index in [2.05, 4.69) is 5.32 Å². The second-order valence-corrected chi connectivity index (χ2v) is 4.74. The molecule has 0 bridgehead atoms. The Labute approximate surface area is 111 Å². The van der Waals surface area contributed by atoms with E-state index >= 15 is 0 Å². The van der Waals surface area contributed by atoms with E-state index in [0.717, 1.165) is 31.9 Å². The van der Waals surface area contributed by atoms with Gasteiger partial charge in [0.05, 0.1) is 14.2 Å². The number of hydrogen-bond acceptors (Lipinski definition) is 3. The number of hydrogen-bond donors (Lipinski definition) is 1. The molecule has 0 aromatic heterocycles. The molecule has 1 fully saturated rings. The average Bonchev–Trinajstić information content (AvgIpc) is 2.42. The number of halogens is 2. The average molecular weight is 271 g/mol. The van der Waals surface area contributed by atoms with Gasteiger partial charge in [-0.2, -0.15) is 0 Å². The molecule has 0 radical (unpaired) electrons. The van der Waals surface area contributed by atoms with Crippen molar-refractivity contribution < 1.29 is 18.3 Å². The molecule has 5 heteroatoms. The summed E-state index contributed by atoms with van der Waals surface area (Å²) in [5.74, 6) is -1.19. The first kappa shape index (κ1) is 14.1. The van der Waals surface area contributed by atoms with Gasteiger partial charge in [0.2, 0.25) is 0 Å². The van der Waals surface area contributed by atoms with Crippen LogP contribution in [-0.4, -0.2) is 26.8 Å². The largest absolute Gasteiger partial charge is 0.492 e. The zero-order chi connectivity index (χ0) is 13.8. The maximum atomic E-state index is 14.0. The van der Waals surface area contributed by atoms with Crippen molar-refractivity contribution in [3.05, 3.63) is 23.3 Å². The molecule has 0 spiro atoms. The zero-order valence-electron chi connectivity index (χ0n) is 11.3. The Morgan fingerprint density at radius 1 is 1.16 bits per heavy atom. The third-order valence-corrected chi connectivity index (χ3v) is 3.51. The Bertz CT molecular complexity index is 446. The summed E-state index contributed by atoms with van der Waals surface area (Å²) in [5.41, 5.74) is 0.375. The SMILES string of the molecule is COc1c(F)cc(F)c(CC2CCCCN2)c1OC. The summed E-state index contributed by atoms with van der Waals surface area (Å²) in [5, 5.41) is 3.34. The summed E-state index contributed by atoms with van der Waals surface area (Å²) < 4.78 is 37.7. The van der Waals surface area contributed by atoms with Gasteiger partial charge >= 0.3 is 0 Å². The summed E-state index contributed by atoms with van der Waals surface area (Å²) in [6, 6.07) is 1.06. The van der Waals surface area contributed by atoms with E-state index in [1.807, 2.05) is 0 Å². The second kappa shape index (κ2) is 6.19. The molecule has 0 amide bonds. The van der Waals surface area contributed by atoms with Gasteiger partial charge in [-0.1, -0.05) is 6.42 Å². The highest BCUT2D eigenvalue weighted by molar-refractivity contribution is 5.48. The number of nitrogens with one attached hydrogen (secondary N) is 1. The number of ether oxygens (including phenoxy) is 2. The van der Waals surface area contributed by atoms with Crippen molar-refractivity contribution in [2.24, 2.45) is 0 Å². The molecule has 1 heterocycles. The number of piperidine rings is 1. The lowest BCUT2D eigenvalue weighted by atomic mass is 9.96. The maximum Gasteiger partial charge on any atom is 0.197 e. The van der Waals surface area contributed by atoms with Crippen LogP contribution in [0.1, 0.15) is 24.8 Å². The summed E-state index contributed by atoms with van der Waals surface area (Å²) in [6.45, 7) is 0.937.